The Hall–Kier alpha value is -4.84. The first-order valence-electron chi connectivity index (χ1n) is 28.0. The Bertz CT molecular complexity index is 3550. The number of nitrogens with zero attached hydrogens (tertiary/aromatic N) is 2. The molecule has 1 unspecified atom stereocenters. The molecular weight excluding hydrogens is 916 g/mol. The maximum Gasteiger partial charge on any atom is 0.264 e. The summed E-state index contributed by atoms with van der Waals surface area (Å²) in [6.45, 7) is 42.7. The van der Waals surface area contributed by atoms with E-state index in [9.17, 15) is 0 Å². The van der Waals surface area contributed by atoms with Crippen molar-refractivity contribution >= 4 is 91.2 Å². The highest BCUT2D eigenvalue weighted by atomic mass is 32.1. The molecule has 3 aliphatic carbocycles. The predicted molar refractivity (Wildman–Crippen MR) is 322 cm³/mol. The van der Waals surface area contributed by atoms with Gasteiger partial charge in [-0.25, -0.2) is 0 Å². The van der Waals surface area contributed by atoms with Crippen LogP contribution in [0.3, 0.4) is 0 Å². The Morgan fingerprint density at radius 1 is 0.507 bits per heavy atom. The molecule has 0 saturated carbocycles. The average molecular weight is 995 g/mol. The summed E-state index contributed by atoms with van der Waals surface area (Å²) in [7, 11) is -1.96. The zero-order valence-corrected chi connectivity index (χ0v) is 49.2. The van der Waals surface area contributed by atoms with Gasteiger partial charge in [0.25, 0.3) is 6.71 Å². The minimum absolute atomic E-state index is 0.0137. The molecule has 6 aromatic carbocycles. The third-order valence-electron chi connectivity index (χ3n) is 20.2. The summed E-state index contributed by atoms with van der Waals surface area (Å²) < 4.78 is 2.92. The van der Waals surface area contributed by atoms with Crippen LogP contribution in [0.4, 0.5) is 34.1 Å². The topological polar surface area (TPSA) is 6.48 Å². The van der Waals surface area contributed by atoms with Gasteiger partial charge in [-0.2, -0.15) is 0 Å². The molecule has 5 heteroatoms. The van der Waals surface area contributed by atoms with Crippen molar-refractivity contribution in [2.75, 3.05) is 9.80 Å². The number of hydrogen-bond donors (Lipinski definition) is 0. The van der Waals surface area contributed by atoms with Crippen molar-refractivity contribution in [3.8, 4) is 11.1 Å². The molecule has 7 aromatic rings. The monoisotopic (exact) mass is 995 g/mol. The second-order valence-corrected chi connectivity index (χ2v) is 35.6. The lowest BCUT2D eigenvalue weighted by atomic mass is 9.35. The maximum atomic E-state index is 2.88. The molecule has 73 heavy (non-hydrogen) atoms. The van der Waals surface area contributed by atoms with Gasteiger partial charge in [-0.1, -0.05) is 176 Å². The average Bonchev–Trinajstić information content (AvgIpc) is 3.70. The zero-order chi connectivity index (χ0) is 51.7. The fourth-order valence-corrected chi connectivity index (χ4v) is 17.5. The molecule has 0 amide bonds. The van der Waals surface area contributed by atoms with Crippen molar-refractivity contribution in [2.45, 2.75) is 193 Å². The van der Waals surface area contributed by atoms with E-state index < -0.39 is 8.07 Å². The summed E-state index contributed by atoms with van der Waals surface area (Å²) in [6, 6.07) is 40.3. The van der Waals surface area contributed by atoms with Gasteiger partial charge < -0.3 is 9.80 Å². The van der Waals surface area contributed by atoms with Crippen LogP contribution >= 0.6 is 11.3 Å². The molecule has 0 saturated heterocycles. The number of rotatable bonds is 3. The maximum absolute atomic E-state index is 2.88. The van der Waals surface area contributed by atoms with Gasteiger partial charge in [-0.05, 0) is 174 Å². The van der Waals surface area contributed by atoms with E-state index in [1.807, 2.05) is 0 Å². The predicted octanol–water partition coefficient (Wildman–Crippen LogP) is 16.9. The Balaban J connectivity index is 1.21. The van der Waals surface area contributed by atoms with Crippen molar-refractivity contribution in [1.82, 2.24) is 0 Å². The van der Waals surface area contributed by atoms with Crippen LogP contribution in [0, 0.1) is 0 Å². The largest absolute Gasteiger partial charge is 0.311 e. The first-order valence-corrected chi connectivity index (χ1v) is 32.3. The van der Waals surface area contributed by atoms with Crippen molar-refractivity contribution in [2.24, 2.45) is 0 Å². The lowest BCUT2D eigenvalue weighted by Gasteiger charge is -2.55. The van der Waals surface area contributed by atoms with Crippen LogP contribution in [-0.2, 0) is 37.9 Å². The summed E-state index contributed by atoms with van der Waals surface area (Å²) in [5.41, 5.74) is 26.4. The van der Waals surface area contributed by atoms with Crippen molar-refractivity contribution in [3.05, 3.63) is 142 Å². The van der Waals surface area contributed by atoms with E-state index >= 15 is 0 Å². The third kappa shape index (κ3) is 6.58. The quantitative estimate of drug-likeness (QED) is 0.163. The molecule has 2 nitrogen and oxygen atoms in total. The molecule has 13 rings (SSSR count). The van der Waals surface area contributed by atoms with Crippen molar-refractivity contribution in [3.63, 3.8) is 0 Å². The van der Waals surface area contributed by atoms with E-state index in [1.165, 1.54) is 119 Å². The third-order valence-corrected chi connectivity index (χ3v) is 23.4. The smallest absolute Gasteiger partial charge is 0.264 e. The molecule has 0 bridgehead atoms. The summed E-state index contributed by atoms with van der Waals surface area (Å²) in [6.07, 6.45) is 7.14. The number of anilines is 6. The van der Waals surface area contributed by atoms with Gasteiger partial charge in [-0.15, -0.1) is 11.3 Å². The summed E-state index contributed by atoms with van der Waals surface area (Å²) in [5, 5.41) is 2.93. The van der Waals surface area contributed by atoms with Gasteiger partial charge in [0.05, 0.1) is 25.1 Å². The molecule has 1 aromatic heterocycles. The summed E-state index contributed by atoms with van der Waals surface area (Å²) >= 11 is 2.10. The lowest BCUT2D eigenvalue weighted by Crippen LogP contribution is -2.63. The molecule has 0 N–H and O–H groups in total. The van der Waals surface area contributed by atoms with Crippen LogP contribution in [0.5, 0.6) is 0 Å². The first-order chi connectivity index (χ1) is 34.0. The van der Waals surface area contributed by atoms with E-state index in [4.69, 9.17) is 0 Å². The van der Waals surface area contributed by atoms with Gasteiger partial charge >= 0.3 is 0 Å². The van der Waals surface area contributed by atoms with E-state index in [1.54, 1.807) is 33.4 Å². The van der Waals surface area contributed by atoms with E-state index in [0.717, 1.165) is 6.42 Å². The van der Waals surface area contributed by atoms with Crippen LogP contribution < -0.4 is 30.7 Å². The lowest BCUT2D eigenvalue weighted by molar-refractivity contribution is 0.327. The molecule has 0 spiro atoms. The van der Waals surface area contributed by atoms with Gasteiger partial charge in [-0.3, -0.25) is 0 Å². The fourth-order valence-electron chi connectivity index (χ4n) is 15.1. The molecule has 4 heterocycles. The number of thiophene rings is 1. The van der Waals surface area contributed by atoms with E-state index in [-0.39, 0.29) is 44.6 Å². The van der Waals surface area contributed by atoms with Crippen LogP contribution in [0.15, 0.2) is 97.1 Å². The minimum Gasteiger partial charge on any atom is -0.311 e. The molecule has 0 fully saturated rings. The Morgan fingerprint density at radius 2 is 1.05 bits per heavy atom. The van der Waals surface area contributed by atoms with Crippen molar-refractivity contribution < 1.29 is 0 Å². The molecule has 3 aliphatic heterocycles. The Kier molecular flexibility index (Phi) is 9.67. The van der Waals surface area contributed by atoms with Gasteiger partial charge in [0, 0.05) is 42.9 Å². The highest BCUT2D eigenvalue weighted by Gasteiger charge is 2.55. The fraction of sp³-hybridized carbons (Fsp3) is 0.441. The van der Waals surface area contributed by atoms with Crippen LogP contribution in [0.1, 0.15) is 180 Å². The summed E-state index contributed by atoms with van der Waals surface area (Å²) in [4.78, 5) is 5.69. The van der Waals surface area contributed by atoms with Crippen LogP contribution in [0.2, 0.25) is 19.6 Å². The second-order valence-electron chi connectivity index (χ2n) is 29.4. The number of fused-ring (bicyclic) bond motifs is 11. The zero-order valence-electron chi connectivity index (χ0n) is 47.4. The van der Waals surface area contributed by atoms with Gasteiger partial charge in [0.15, 0.2) is 0 Å². The highest BCUT2D eigenvalue weighted by Crippen LogP contribution is 2.63. The standard InChI is InChI=1S/C68H79BN2SSi/c1-62(2,3)41-23-26-52(43(33-41)40-21-19-18-20-22-40)70-54-34-42(73(15,16)17)35-55-58(54)69(61-59(70)44-36-46-49(39-56(44)72-61)67(12,13)30-27-64(46,6)7)51-25-24-45-57-60(51)71(55)53-38-48-47(65(8,9)28-29-66(48,10)11)37-50(53)68(57,14)32-31-63(45,4)5/h18-26,33-39H,27-32H2,1-17H3. The van der Waals surface area contributed by atoms with Crippen LogP contribution in [-0.4, -0.2) is 14.8 Å². The SMILES string of the molecule is CC(C)(C)c1ccc(N2c3cc([Si](C)(C)C)cc4c3B(c3ccc5c6c3N4c3cc4c(cc3C6(C)CCC5(C)C)C(C)(C)CCC4(C)C)c3sc4cc5c(cc4c32)C(C)(C)CCC5(C)C)c(-c2ccccc2)c1. The normalized spacial score (nSPS) is 22.0. The van der Waals surface area contributed by atoms with E-state index in [0.29, 0.717) is 0 Å². The minimum atomic E-state index is -1.96. The van der Waals surface area contributed by atoms with E-state index in [2.05, 4.69) is 235 Å². The first kappa shape index (κ1) is 47.8. The molecule has 6 aliphatic rings. The van der Waals surface area contributed by atoms with Crippen LogP contribution in [0.25, 0.3) is 21.2 Å². The highest BCUT2D eigenvalue weighted by molar-refractivity contribution is 7.33. The molecular formula is C68H79BN2SSi. The van der Waals surface area contributed by atoms with Crippen molar-refractivity contribution in [1.29, 1.82) is 0 Å². The molecule has 0 radical (unpaired) electrons. The Labute approximate surface area is 444 Å². The number of hydrogen-bond acceptors (Lipinski definition) is 3. The molecule has 1 atom stereocenters. The van der Waals surface area contributed by atoms with Gasteiger partial charge in [0.1, 0.15) is 0 Å². The second kappa shape index (κ2) is 14.8. The van der Waals surface area contributed by atoms with Gasteiger partial charge in [0.2, 0.25) is 0 Å². The Morgan fingerprint density at radius 3 is 1.66 bits per heavy atom. The molecule has 374 valence electrons. The number of benzene rings is 6. The summed E-state index contributed by atoms with van der Waals surface area (Å²) in [5.74, 6) is 0.